The van der Waals surface area contributed by atoms with Crippen LogP contribution >= 0.6 is 0 Å². The molecule has 1 aromatic carbocycles. The lowest BCUT2D eigenvalue weighted by atomic mass is 10.1. The van der Waals surface area contributed by atoms with Gasteiger partial charge < -0.3 is 4.90 Å². The van der Waals surface area contributed by atoms with E-state index in [9.17, 15) is 4.79 Å². The maximum Gasteiger partial charge on any atom is 0.155 e. The number of para-hydroxylation sites is 1. The number of carbonyl (C=O) groups is 1. The Bertz CT molecular complexity index is 369. The lowest BCUT2D eigenvalue weighted by Crippen LogP contribution is -2.27. The minimum atomic E-state index is 0.358. The fourth-order valence-electron chi connectivity index (χ4n) is 1.85. The molecule has 0 atom stereocenters. The molecule has 0 heterocycles. The Balaban J connectivity index is 2.03. The summed E-state index contributed by atoms with van der Waals surface area (Å²) in [4.78, 5) is 13.7. The average molecular weight is 203 g/mol. The van der Waals surface area contributed by atoms with Crippen molar-refractivity contribution in [2.45, 2.75) is 19.8 Å². The van der Waals surface area contributed by atoms with E-state index in [0.29, 0.717) is 18.2 Å². The Hall–Kier alpha value is -1.31. The number of hydrogen-bond donors (Lipinski definition) is 0. The van der Waals surface area contributed by atoms with Gasteiger partial charge in [0.15, 0.2) is 5.78 Å². The summed E-state index contributed by atoms with van der Waals surface area (Å²) >= 11 is 0. The number of Topliss-reactive ketones (excluding diaryl/α,β-unsaturated/α-hetero) is 1. The Morgan fingerprint density at radius 1 is 1.40 bits per heavy atom. The van der Waals surface area contributed by atoms with E-state index < -0.39 is 0 Å². The Kier molecular flexibility index (Phi) is 2.76. The van der Waals surface area contributed by atoms with Gasteiger partial charge >= 0.3 is 0 Å². The molecular formula is C13H17NO. The van der Waals surface area contributed by atoms with Gasteiger partial charge in [0.05, 0.1) is 6.54 Å². The van der Waals surface area contributed by atoms with Crippen molar-refractivity contribution >= 4 is 11.5 Å². The molecule has 0 radical (unpaired) electrons. The summed E-state index contributed by atoms with van der Waals surface area (Å²) in [7, 11) is 1.99. The van der Waals surface area contributed by atoms with Gasteiger partial charge in [-0.3, -0.25) is 4.79 Å². The van der Waals surface area contributed by atoms with Gasteiger partial charge in [0, 0.05) is 18.7 Å². The third-order valence-corrected chi connectivity index (χ3v) is 2.95. The molecule has 1 fully saturated rings. The van der Waals surface area contributed by atoms with Crippen LogP contribution in [0.4, 0.5) is 5.69 Å². The first-order valence-corrected chi connectivity index (χ1v) is 5.48. The number of nitrogens with zero attached hydrogens (tertiary/aromatic N) is 1. The molecule has 0 amide bonds. The zero-order valence-electron chi connectivity index (χ0n) is 9.36. The molecule has 15 heavy (non-hydrogen) atoms. The maximum atomic E-state index is 11.7. The van der Waals surface area contributed by atoms with Crippen LogP contribution in [0.1, 0.15) is 18.4 Å². The predicted molar refractivity (Wildman–Crippen MR) is 62.2 cm³/mol. The first-order valence-electron chi connectivity index (χ1n) is 5.48. The molecule has 2 heteroatoms. The molecule has 1 aliphatic carbocycles. The minimum absolute atomic E-state index is 0.358. The number of ketones is 1. The molecule has 80 valence electrons. The standard InChI is InChI=1S/C13H17NO/c1-10-5-3-4-6-12(10)14(2)9-13(15)11-7-8-11/h3-6,11H,7-9H2,1-2H3. The van der Waals surface area contributed by atoms with Gasteiger partial charge in [-0.1, -0.05) is 18.2 Å². The summed E-state index contributed by atoms with van der Waals surface area (Å²) in [6.45, 7) is 2.63. The third-order valence-electron chi connectivity index (χ3n) is 2.95. The second-order valence-corrected chi connectivity index (χ2v) is 4.38. The molecule has 0 spiro atoms. The molecule has 0 bridgehead atoms. The number of rotatable bonds is 4. The van der Waals surface area contributed by atoms with E-state index in [1.54, 1.807) is 0 Å². The average Bonchev–Trinajstić information content (AvgIpc) is 3.01. The molecule has 1 aromatic rings. The second kappa shape index (κ2) is 4.05. The highest BCUT2D eigenvalue weighted by Crippen LogP contribution is 2.30. The van der Waals surface area contributed by atoms with Crippen LogP contribution in [0.3, 0.4) is 0 Å². The highest BCUT2D eigenvalue weighted by molar-refractivity contribution is 5.87. The van der Waals surface area contributed by atoms with Crippen molar-refractivity contribution < 1.29 is 4.79 Å². The zero-order valence-corrected chi connectivity index (χ0v) is 9.36. The molecular weight excluding hydrogens is 186 g/mol. The van der Waals surface area contributed by atoms with Gasteiger partial charge in [0.25, 0.3) is 0 Å². The molecule has 0 unspecified atom stereocenters. The molecule has 0 saturated heterocycles. The molecule has 0 aliphatic heterocycles. The molecule has 1 saturated carbocycles. The van der Waals surface area contributed by atoms with Crippen molar-refractivity contribution in [3.8, 4) is 0 Å². The molecule has 0 N–H and O–H groups in total. The van der Waals surface area contributed by atoms with Crippen LogP contribution in [0.5, 0.6) is 0 Å². The van der Waals surface area contributed by atoms with Crippen molar-refractivity contribution in [1.29, 1.82) is 0 Å². The summed E-state index contributed by atoms with van der Waals surface area (Å²) in [6.07, 6.45) is 2.20. The lowest BCUT2D eigenvalue weighted by molar-refractivity contribution is -0.118. The summed E-state index contributed by atoms with van der Waals surface area (Å²) in [5, 5.41) is 0. The topological polar surface area (TPSA) is 20.3 Å². The predicted octanol–water partition coefficient (Wildman–Crippen LogP) is 2.41. The summed E-state index contributed by atoms with van der Waals surface area (Å²) in [6, 6.07) is 8.18. The number of likely N-dealkylation sites (N-methyl/N-ethyl adjacent to an activating group) is 1. The van der Waals surface area contributed by atoms with Crippen LogP contribution in [-0.2, 0) is 4.79 Å². The van der Waals surface area contributed by atoms with Crippen LogP contribution in [0, 0.1) is 12.8 Å². The van der Waals surface area contributed by atoms with Gasteiger partial charge in [0.1, 0.15) is 0 Å². The second-order valence-electron chi connectivity index (χ2n) is 4.38. The molecule has 1 aliphatic rings. The van der Waals surface area contributed by atoms with E-state index in [4.69, 9.17) is 0 Å². The first kappa shape index (κ1) is 10.2. The van der Waals surface area contributed by atoms with Crippen molar-refractivity contribution in [2.24, 2.45) is 5.92 Å². The smallest absolute Gasteiger partial charge is 0.155 e. The van der Waals surface area contributed by atoms with Crippen molar-refractivity contribution in [2.75, 3.05) is 18.5 Å². The fraction of sp³-hybridized carbons (Fsp3) is 0.462. The SMILES string of the molecule is Cc1ccccc1N(C)CC(=O)C1CC1. The number of anilines is 1. The van der Waals surface area contributed by atoms with Gasteiger partial charge in [-0.2, -0.15) is 0 Å². The highest BCUT2D eigenvalue weighted by atomic mass is 16.1. The Labute approximate surface area is 90.9 Å². The largest absolute Gasteiger partial charge is 0.367 e. The maximum absolute atomic E-state index is 11.7. The fourth-order valence-corrected chi connectivity index (χ4v) is 1.85. The summed E-state index contributed by atoms with van der Waals surface area (Å²) in [5.41, 5.74) is 2.38. The quantitative estimate of drug-likeness (QED) is 0.749. The normalized spacial score (nSPS) is 15.1. The highest BCUT2D eigenvalue weighted by Gasteiger charge is 2.29. The van der Waals surface area contributed by atoms with E-state index in [1.807, 2.05) is 19.2 Å². The third kappa shape index (κ3) is 2.38. The molecule has 2 nitrogen and oxygen atoms in total. The summed E-state index contributed by atoms with van der Waals surface area (Å²) in [5.74, 6) is 0.747. The Morgan fingerprint density at radius 2 is 2.07 bits per heavy atom. The van der Waals surface area contributed by atoms with Gasteiger partial charge in [-0.25, -0.2) is 0 Å². The van der Waals surface area contributed by atoms with Crippen molar-refractivity contribution in [1.82, 2.24) is 0 Å². The number of benzene rings is 1. The van der Waals surface area contributed by atoms with Crippen molar-refractivity contribution in [3.05, 3.63) is 29.8 Å². The van der Waals surface area contributed by atoms with Gasteiger partial charge in [0.2, 0.25) is 0 Å². The number of aryl methyl sites for hydroxylation is 1. The van der Waals surface area contributed by atoms with Crippen molar-refractivity contribution in [3.63, 3.8) is 0 Å². The van der Waals surface area contributed by atoms with E-state index in [1.165, 1.54) is 5.56 Å². The van der Waals surface area contributed by atoms with E-state index in [-0.39, 0.29) is 0 Å². The number of carbonyl (C=O) groups excluding carboxylic acids is 1. The lowest BCUT2D eigenvalue weighted by Gasteiger charge is -2.20. The van der Waals surface area contributed by atoms with Gasteiger partial charge in [-0.15, -0.1) is 0 Å². The monoisotopic (exact) mass is 203 g/mol. The Morgan fingerprint density at radius 3 is 2.67 bits per heavy atom. The molecule has 0 aromatic heterocycles. The minimum Gasteiger partial charge on any atom is -0.367 e. The first-order chi connectivity index (χ1) is 7.18. The van der Waals surface area contributed by atoms with Gasteiger partial charge in [-0.05, 0) is 31.4 Å². The van der Waals surface area contributed by atoms with Crippen LogP contribution in [-0.4, -0.2) is 19.4 Å². The van der Waals surface area contributed by atoms with Crippen LogP contribution < -0.4 is 4.90 Å². The van der Waals surface area contributed by atoms with E-state index in [2.05, 4.69) is 24.0 Å². The summed E-state index contributed by atoms with van der Waals surface area (Å²) < 4.78 is 0. The van der Waals surface area contributed by atoms with Crippen LogP contribution in [0.25, 0.3) is 0 Å². The number of hydrogen-bond acceptors (Lipinski definition) is 2. The van der Waals surface area contributed by atoms with E-state index >= 15 is 0 Å². The van der Waals surface area contributed by atoms with E-state index in [0.717, 1.165) is 18.5 Å². The molecule has 2 rings (SSSR count). The van der Waals surface area contributed by atoms with Crippen LogP contribution in [0.15, 0.2) is 24.3 Å². The zero-order chi connectivity index (χ0) is 10.8. The van der Waals surface area contributed by atoms with Crippen LogP contribution in [0.2, 0.25) is 0 Å².